The molecule has 2 aromatic rings. The predicted molar refractivity (Wildman–Crippen MR) is 88.8 cm³/mol. The Bertz CT molecular complexity index is 657. The van der Waals surface area contributed by atoms with Crippen LogP contribution in [0.2, 0.25) is 10.0 Å². The molecule has 0 bridgehead atoms. The van der Waals surface area contributed by atoms with Crippen molar-refractivity contribution in [1.82, 2.24) is 0 Å². The number of benzene rings is 2. The van der Waals surface area contributed by atoms with Gasteiger partial charge in [0.15, 0.2) is 0 Å². The van der Waals surface area contributed by atoms with Crippen molar-refractivity contribution in [1.29, 1.82) is 0 Å². The standard InChI is InChI=1S/C17H17Cl2NO/c1-21-12-9-8-11-4-2-6-15(13(11)10-12)20-16-7-3-5-14(18)17(16)19/h3,5,7-10,15,20H,2,4,6H2,1H3. The van der Waals surface area contributed by atoms with Crippen molar-refractivity contribution in [2.45, 2.75) is 25.3 Å². The zero-order valence-electron chi connectivity index (χ0n) is 11.8. The highest BCUT2D eigenvalue weighted by Gasteiger charge is 2.21. The Kier molecular flexibility index (Phi) is 4.27. The minimum absolute atomic E-state index is 0.236. The third-order valence-electron chi connectivity index (χ3n) is 3.95. The highest BCUT2D eigenvalue weighted by Crippen LogP contribution is 2.37. The van der Waals surface area contributed by atoms with Gasteiger partial charge in [0.05, 0.1) is 28.9 Å². The van der Waals surface area contributed by atoms with Crippen molar-refractivity contribution in [2.75, 3.05) is 12.4 Å². The molecular weight excluding hydrogens is 305 g/mol. The molecule has 1 atom stereocenters. The monoisotopic (exact) mass is 321 g/mol. The Labute approximate surface area is 135 Å². The van der Waals surface area contributed by atoms with E-state index in [0.717, 1.165) is 30.7 Å². The van der Waals surface area contributed by atoms with Gasteiger partial charge in [-0.1, -0.05) is 35.3 Å². The molecule has 0 aliphatic heterocycles. The second-order valence-corrected chi connectivity index (χ2v) is 6.04. The summed E-state index contributed by atoms with van der Waals surface area (Å²) in [4.78, 5) is 0. The Morgan fingerprint density at radius 2 is 2.05 bits per heavy atom. The van der Waals surface area contributed by atoms with Gasteiger partial charge < -0.3 is 10.1 Å². The van der Waals surface area contributed by atoms with E-state index < -0.39 is 0 Å². The summed E-state index contributed by atoms with van der Waals surface area (Å²) in [7, 11) is 1.70. The van der Waals surface area contributed by atoms with Crippen LogP contribution < -0.4 is 10.1 Å². The summed E-state index contributed by atoms with van der Waals surface area (Å²) in [6.45, 7) is 0. The number of hydrogen-bond acceptors (Lipinski definition) is 2. The zero-order valence-corrected chi connectivity index (χ0v) is 13.3. The third-order valence-corrected chi connectivity index (χ3v) is 4.77. The first-order valence-corrected chi connectivity index (χ1v) is 7.82. The summed E-state index contributed by atoms with van der Waals surface area (Å²) in [6, 6.07) is 12.2. The number of hydrogen-bond donors (Lipinski definition) is 1. The molecule has 110 valence electrons. The van der Waals surface area contributed by atoms with Crippen LogP contribution >= 0.6 is 23.2 Å². The molecule has 2 nitrogen and oxygen atoms in total. The molecule has 0 radical (unpaired) electrons. The summed E-state index contributed by atoms with van der Waals surface area (Å²) in [5.41, 5.74) is 3.54. The smallest absolute Gasteiger partial charge is 0.119 e. The molecule has 0 saturated carbocycles. The number of fused-ring (bicyclic) bond motifs is 1. The molecule has 0 spiro atoms. The molecule has 1 aliphatic carbocycles. The van der Waals surface area contributed by atoms with Crippen LogP contribution in [0.1, 0.15) is 30.0 Å². The maximum Gasteiger partial charge on any atom is 0.119 e. The van der Waals surface area contributed by atoms with E-state index in [9.17, 15) is 0 Å². The second kappa shape index (κ2) is 6.17. The van der Waals surface area contributed by atoms with Gasteiger partial charge in [0.25, 0.3) is 0 Å². The van der Waals surface area contributed by atoms with Crippen LogP contribution in [-0.4, -0.2) is 7.11 Å². The van der Waals surface area contributed by atoms with Crippen LogP contribution in [0.4, 0.5) is 5.69 Å². The minimum Gasteiger partial charge on any atom is -0.497 e. The number of methoxy groups -OCH3 is 1. The van der Waals surface area contributed by atoms with Crippen LogP contribution in [0.25, 0.3) is 0 Å². The summed E-state index contributed by atoms with van der Waals surface area (Å²) in [5.74, 6) is 0.889. The average molecular weight is 322 g/mol. The first-order valence-electron chi connectivity index (χ1n) is 7.06. The van der Waals surface area contributed by atoms with Crippen LogP contribution in [0.3, 0.4) is 0 Å². The second-order valence-electron chi connectivity index (χ2n) is 5.26. The Morgan fingerprint density at radius 3 is 2.86 bits per heavy atom. The number of nitrogens with one attached hydrogen (secondary N) is 1. The number of aryl methyl sites for hydroxylation is 1. The van der Waals surface area contributed by atoms with Crippen molar-refractivity contribution in [3.05, 3.63) is 57.6 Å². The fourth-order valence-electron chi connectivity index (χ4n) is 2.86. The molecule has 0 heterocycles. The summed E-state index contributed by atoms with van der Waals surface area (Å²) in [6.07, 6.45) is 3.35. The van der Waals surface area contributed by atoms with Gasteiger partial charge in [-0.2, -0.15) is 0 Å². The molecule has 2 aromatic carbocycles. The van der Waals surface area contributed by atoms with Gasteiger partial charge in [-0.05, 0) is 54.7 Å². The fraction of sp³-hybridized carbons (Fsp3) is 0.294. The van der Waals surface area contributed by atoms with Crippen molar-refractivity contribution in [3.8, 4) is 5.75 Å². The van der Waals surface area contributed by atoms with Gasteiger partial charge in [-0.15, -0.1) is 0 Å². The lowest BCUT2D eigenvalue weighted by Crippen LogP contribution is -2.17. The summed E-state index contributed by atoms with van der Waals surface area (Å²) in [5, 5.41) is 4.68. The molecule has 21 heavy (non-hydrogen) atoms. The van der Waals surface area contributed by atoms with Gasteiger partial charge in [-0.25, -0.2) is 0 Å². The molecule has 1 aliphatic rings. The van der Waals surface area contributed by atoms with E-state index in [1.165, 1.54) is 11.1 Å². The first kappa shape index (κ1) is 14.6. The molecular formula is C17H17Cl2NO. The maximum absolute atomic E-state index is 6.28. The van der Waals surface area contributed by atoms with Crippen LogP contribution in [0.5, 0.6) is 5.75 Å². The Morgan fingerprint density at radius 1 is 1.19 bits per heavy atom. The highest BCUT2D eigenvalue weighted by atomic mass is 35.5. The van der Waals surface area contributed by atoms with E-state index >= 15 is 0 Å². The Hall–Kier alpha value is -1.38. The van der Waals surface area contributed by atoms with Crippen molar-refractivity contribution in [2.24, 2.45) is 0 Å². The maximum atomic E-state index is 6.28. The lowest BCUT2D eigenvalue weighted by atomic mass is 9.87. The van der Waals surface area contributed by atoms with Gasteiger partial charge in [0, 0.05) is 0 Å². The minimum atomic E-state index is 0.236. The first-order chi connectivity index (χ1) is 10.2. The van der Waals surface area contributed by atoms with Gasteiger partial charge in [0.2, 0.25) is 0 Å². The molecule has 4 heteroatoms. The molecule has 0 aromatic heterocycles. The van der Waals surface area contributed by atoms with Gasteiger partial charge in [-0.3, -0.25) is 0 Å². The van der Waals surface area contributed by atoms with Crippen molar-refractivity contribution < 1.29 is 4.74 Å². The third kappa shape index (κ3) is 2.97. The molecule has 1 N–H and O–H groups in total. The Balaban J connectivity index is 1.93. The van der Waals surface area contributed by atoms with Crippen LogP contribution in [0.15, 0.2) is 36.4 Å². The number of rotatable bonds is 3. The van der Waals surface area contributed by atoms with Crippen LogP contribution in [0, 0.1) is 0 Å². The number of halogens is 2. The SMILES string of the molecule is COc1ccc2c(c1)C(Nc1cccc(Cl)c1Cl)CCC2. The van der Waals surface area contributed by atoms with E-state index in [2.05, 4.69) is 17.4 Å². The van der Waals surface area contributed by atoms with Crippen molar-refractivity contribution in [3.63, 3.8) is 0 Å². The number of anilines is 1. The lowest BCUT2D eigenvalue weighted by Gasteiger charge is -2.28. The van der Waals surface area contributed by atoms with E-state index in [-0.39, 0.29) is 6.04 Å². The molecule has 0 saturated heterocycles. The zero-order chi connectivity index (χ0) is 14.8. The average Bonchev–Trinajstić information content (AvgIpc) is 2.51. The van der Waals surface area contributed by atoms with E-state index in [1.54, 1.807) is 13.2 Å². The molecule has 0 fully saturated rings. The van der Waals surface area contributed by atoms with Crippen molar-refractivity contribution >= 4 is 28.9 Å². The fourth-order valence-corrected chi connectivity index (χ4v) is 3.21. The molecule has 3 rings (SSSR count). The summed E-state index contributed by atoms with van der Waals surface area (Å²) < 4.78 is 5.35. The van der Waals surface area contributed by atoms with E-state index in [4.69, 9.17) is 27.9 Å². The normalized spacial score (nSPS) is 17.2. The number of ether oxygens (including phenoxy) is 1. The molecule has 0 amide bonds. The van der Waals surface area contributed by atoms with E-state index in [1.807, 2.05) is 18.2 Å². The van der Waals surface area contributed by atoms with E-state index in [0.29, 0.717) is 10.0 Å². The quantitative estimate of drug-likeness (QED) is 0.806. The van der Waals surface area contributed by atoms with Gasteiger partial charge >= 0.3 is 0 Å². The predicted octanol–water partition coefficient (Wildman–Crippen LogP) is 5.49. The summed E-state index contributed by atoms with van der Waals surface area (Å²) >= 11 is 12.4. The van der Waals surface area contributed by atoms with Gasteiger partial charge in [0.1, 0.15) is 5.75 Å². The highest BCUT2D eigenvalue weighted by molar-refractivity contribution is 6.43. The lowest BCUT2D eigenvalue weighted by molar-refractivity contribution is 0.413. The molecule has 1 unspecified atom stereocenters. The van der Waals surface area contributed by atoms with Crippen LogP contribution in [-0.2, 0) is 6.42 Å². The topological polar surface area (TPSA) is 21.3 Å². The largest absolute Gasteiger partial charge is 0.497 e.